The Kier molecular flexibility index (Phi) is 11.6. The van der Waals surface area contributed by atoms with E-state index in [0.717, 1.165) is 6.42 Å². The normalized spacial score (nSPS) is 20.2. The third-order valence-corrected chi connectivity index (χ3v) is 7.59. The SMILES string of the molecule is CCC(C)[C@H](NC(=O)C(CC(O)C(N)CC1CCCCC1)C(C)C)C(=O)C(N)c1ccccn1. The highest BCUT2D eigenvalue weighted by molar-refractivity contribution is 5.93. The van der Waals surface area contributed by atoms with E-state index in [1.807, 2.05) is 27.7 Å². The number of aromatic nitrogens is 1. The molecule has 0 saturated heterocycles. The Bertz CT molecular complexity index is 752. The van der Waals surface area contributed by atoms with Crippen LogP contribution in [-0.4, -0.2) is 40.0 Å². The fourth-order valence-corrected chi connectivity index (χ4v) is 4.97. The average Bonchev–Trinajstić information content (AvgIpc) is 2.85. The maximum Gasteiger partial charge on any atom is 0.224 e. The summed E-state index contributed by atoms with van der Waals surface area (Å²) in [5.41, 5.74) is 13.1. The summed E-state index contributed by atoms with van der Waals surface area (Å²) in [6, 6.07) is 3.31. The Hall–Kier alpha value is -1.83. The minimum atomic E-state index is -0.910. The van der Waals surface area contributed by atoms with Crippen LogP contribution in [0.4, 0.5) is 0 Å². The molecule has 0 radical (unpaired) electrons. The number of ketones is 1. The van der Waals surface area contributed by atoms with Crippen molar-refractivity contribution in [3.05, 3.63) is 30.1 Å². The lowest BCUT2D eigenvalue weighted by molar-refractivity contribution is -0.133. The van der Waals surface area contributed by atoms with Gasteiger partial charge >= 0.3 is 0 Å². The van der Waals surface area contributed by atoms with Crippen LogP contribution >= 0.6 is 0 Å². The Morgan fingerprint density at radius 1 is 1.15 bits per heavy atom. The third-order valence-electron chi connectivity index (χ3n) is 7.59. The number of carbonyl (C=O) groups excluding carboxylic acids is 2. The maximum absolute atomic E-state index is 13.4. The molecular weight excluding hydrogens is 428 g/mol. The van der Waals surface area contributed by atoms with Crippen LogP contribution in [0.25, 0.3) is 0 Å². The van der Waals surface area contributed by atoms with Crippen LogP contribution in [0.15, 0.2) is 24.4 Å². The lowest BCUT2D eigenvalue weighted by Crippen LogP contribution is -2.51. The lowest BCUT2D eigenvalue weighted by atomic mass is 9.81. The fraction of sp³-hybridized carbons (Fsp3) is 0.741. The maximum atomic E-state index is 13.4. The molecular formula is C27H46N4O3. The minimum absolute atomic E-state index is 0.00585. The number of rotatable bonds is 13. The molecule has 1 heterocycles. The van der Waals surface area contributed by atoms with E-state index >= 15 is 0 Å². The second kappa shape index (κ2) is 13.9. The molecule has 1 fully saturated rings. The number of amides is 1. The first-order valence-corrected chi connectivity index (χ1v) is 13.1. The number of nitrogens with one attached hydrogen (secondary N) is 1. The number of nitrogens with zero attached hydrogens (tertiary/aromatic N) is 1. The highest BCUT2D eigenvalue weighted by atomic mass is 16.3. The van der Waals surface area contributed by atoms with Crippen LogP contribution in [0.5, 0.6) is 0 Å². The van der Waals surface area contributed by atoms with Crippen molar-refractivity contribution in [3.8, 4) is 0 Å². The smallest absolute Gasteiger partial charge is 0.224 e. The monoisotopic (exact) mass is 474 g/mol. The zero-order chi connectivity index (χ0) is 25.3. The number of nitrogens with two attached hydrogens (primary N) is 2. The zero-order valence-corrected chi connectivity index (χ0v) is 21.5. The Labute approximate surface area is 205 Å². The number of hydrogen-bond acceptors (Lipinski definition) is 6. The molecule has 1 aromatic rings. The molecule has 0 spiro atoms. The molecule has 5 unspecified atom stereocenters. The van der Waals surface area contributed by atoms with Crippen LogP contribution in [-0.2, 0) is 9.59 Å². The molecule has 1 aliphatic carbocycles. The van der Waals surface area contributed by atoms with Crippen LogP contribution < -0.4 is 16.8 Å². The molecule has 0 bridgehead atoms. The summed E-state index contributed by atoms with van der Waals surface area (Å²) in [6.45, 7) is 7.84. The fourth-order valence-electron chi connectivity index (χ4n) is 4.97. The van der Waals surface area contributed by atoms with Gasteiger partial charge in [0.25, 0.3) is 0 Å². The predicted molar refractivity (Wildman–Crippen MR) is 136 cm³/mol. The standard InChI is InChI=1S/C27H46N4O3/c1-5-18(4)25(26(33)24(29)22-13-9-10-14-30-22)31-27(34)20(17(2)3)16-23(32)21(28)15-19-11-7-6-8-12-19/h9-10,13-14,17-21,23-25,32H,5-8,11-12,15-16,28-29H2,1-4H3,(H,31,34)/t18?,20?,21?,23?,24?,25-/m0/s1. The largest absolute Gasteiger partial charge is 0.391 e. The van der Waals surface area contributed by atoms with E-state index in [2.05, 4.69) is 10.3 Å². The van der Waals surface area contributed by atoms with Crippen molar-refractivity contribution in [2.24, 2.45) is 35.1 Å². The molecule has 0 aromatic carbocycles. The number of Topliss-reactive ketones (excluding diaryl/α,β-unsaturated/α-hetero) is 1. The highest BCUT2D eigenvalue weighted by Crippen LogP contribution is 2.29. The average molecular weight is 475 g/mol. The van der Waals surface area contributed by atoms with E-state index in [4.69, 9.17) is 11.5 Å². The summed E-state index contributed by atoms with van der Waals surface area (Å²) >= 11 is 0. The van der Waals surface area contributed by atoms with E-state index in [1.165, 1.54) is 32.1 Å². The van der Waals surface area contributed by atoms with Gasteiger partial charge in [0.1, 0.15) is 6.04 Å². The first kappa shape index (κ1) is 28.4. The molecule has 2 rings (SSSR count). The number of aliphatic hydroxyl groups is 1. The van der Waals surface area contributed by atoms with Crippen LogP contribution in [0.3, 0.4) is 0 Å². The summed E-state index contributed by atoms with van der Waals surface area (Å²) in [5, 5.41) is 13.8. The lowest BCUT2D eigenvalue weighted by Gasteiger charge is -2.31. The van der Waals surface area contributed by atoms with Gasteiger partial charge < -0.3 is 21.9 Å². The number of carbonyl (C=O) groups is 2. The third kappa shape index (κ3) is 8.14. The molecule has 1 saturated carbocycles. The van der Waals surface area contributed by atoms with Gasteiger partial charge in [0.05, 0.1) is 17.8 Å². The second-order valence-corrected chi connectivity index (χ2v) is 10.6. The summed E-state index contributed by atoms with van der Waals surface area (Å²) in [4.78, 5) is 30.8. The van der Waals surface area contributed by atoms with Crippen molar-refractivity contribution in [2.45, 2.75) is 103 Å². The summed E-state index contributed by atoms with van der Waals surface area (Å²) < 4.78 is 0. The number of aliphatic hydroxyl groups excluding tert-OH is 1. The molecule has 6 atom stereocenters. The zero-order valence-electron chi connectivity index (χ0n) is 21.5. The molecule has 1 amide bonds. The van der Waals surface area contributed by atoms with Gasteiger partial charge in [0.2, 0.25) is 5.91 Å². The van der Waals surface area contributed by atoms with Gasteiger partial charge in [0.15, 0.2) is 5.78 Å². The second-order valence-electron chi connectivity index (χ2n) is 10.6. The van der Waals surface area contributed by atoms with Crippen LogP contribution in [0.2, 0.25) is 0 Å². The summed E-state index contributed by atoms with van der Waals surface area (Å²) in [5.74, 6) is -0.460. The number of pyridine rings is 1. The van der Waals surface area contributed by atoms with Crippen molar-refractivity contribution >= 4 is 11.7 Å². The van der Waals surface area contributed by atoms with Gasteiger partial charge in [-0.3, -0.25) is 14.6 Å². The summed E-state index contributed by atoms with van der Waals surface area (Å²) in [7, 11) is 0. The van der Waals surface area contributed by atoms with Crippen molar-refractivity contribution in [1.29, 1.82) is 0 Å². The number of hydrogen-bond donors (Lipinski definition) is 4. The van der Waals surface area contributed by atoms with E-state index < -0.39 is 24.1 Å². The van der Waals surface area contributed by atoms with Crippen molar-refractivity contribution in [1.82, 2.24) is 10.3 Å². The van der Waals surface area contributed by atoms with Gasteiger partial charge in [-0.1, -0.05) is 72.3 Å². The molecule has 34 heavy (non-hydrogen) atoms. The van der Waals surface area contributed by atoms with Crippen LogP contribution in [0.1, 0.15) is 90.8 Å². The van der Waals surface area contributed by atoms with Crippen molar-refractivity contribution in [3.63, 3.8) is 0 Å². The minimum Gasteiger partial charge on any atom is -0.391 e. The quantitative estimate of drug-likeness (QED) is 0.346. The van der Waals surface area contributed by atoms with E-state index in [0.29, 0.717) is 18.0 Å². The Morgan fingerprint density at radius 2 is 1.82 bits per heavy atom. The topological polar surface area (TPSA) is 131 Å². The molecule has 192 valence electrons. The van der Waals surface area contributed by atoms with E-state index in [1.54, 1.807) is 24.4 Å². The molecule has 6 N–H and O–H groups in total. The van der Waals surface area contributed by atoms with E-state index in [9.17, 15) is 14.7 Å². The van der Waals surface area contributed by atoms with Crippen LogP contribution in [0, 0.1) is 23.7 Å². The first-order chi connectivity index (χ1) is 16.1. The van der Waals surface area contributed by atoms with E-state index in [-0.39, 0.29) is 36.0 Å². The summed E-state index contributed by atoms with van der Waals surface area (Å²) in [6.07, 6.45) is 8.72. The van der Waals surface area contributed by atoms with Gasteiger partial charge in [-0.05, 0) is 42.7 Å². The first-order valence-electron chi connectivity index (χ1n) is 13.1. The molecule has 0 aliphatic heterocycles. The Morgan fingerprint density at radius 3 is 2.38 bits per heavy atom. The highest BCUT2D eigenvalue weighted by Gasteiger charge is 2.35. The van der Waals surface area contributed by atoms with Crippen molar-refractivity contribution < 1.29 is 14.7 Å². The molecule has 7 nitrogen and oxygen atoms in total. The van der Waals surface area contributed by atoms with Gasteiger partial charge in [0, 0.05) is 18.2 Å². The Balaban J connectivity index is 2.06. The van der Waals surface area contributed by atoms with Gasteiger partial charge in [-0.15, -0.1) is 0 Å². The van der Waals surface area contributed by atoms with Crippen molar-refractivity contribution in [2.75, 3.05) is 0 Å². The molecule has 1 aromatic heterocycles. The van der Waals surface area contributed by atoms with Gasteiger partial charge in [-0.2, -0.15) is 0 Å². The van der Waals surface area contributed by atoms with Gasteiger partial charge in [-0.25, -0.2) is 0 Å². The predicted octanol–water partition coefficient (Wildman–Crippen LogP) is 3.50. The molecule has 1 aliphatic rings. The molecule has 7 heteroatoms.